The highest BCUT2D eigenvalue weighted by molar-refractivity contribution is 6.04. The number of methoxy groups -OCH3 is 1. The molecule has 2 aromatic carbocycles. The molecule has 4 rings (SSSR count). The molecule has 1 fully saturated rings. The number of hydrogen-bond acceptors (Lipinski definition) is 4. The molecule has 144 valence electrons. The molecule has 2 amide bonds. The number of ether oxygens (including phenoxy) is 1. The van der Waals surface area contributed by atoms with Crippen molar-refractivity contribution in [2.75, 3.05) is 25.5 Å². The Bertz CT molecular complexity index is 1010. The van der Waals surface area contributed by atoms with Crippen molar-refractivity contribution in [3.05, 3.63) is 54.2 Å². The maximum absolute atomic E-state index is 12.8. The fraction of sp³-hybridized carbons (Fsp3) is 0.286. The second-order valence-corrected chi connectivity index (χ2v) is 6.91. The van der Waals surface area contributed by atoms with Crippen LogP contribution in [-0.4, -0.2) is 47.1 Å². The van der Waals surface area contributed by atoms with Gasteiger partial charge in [-0.2, -0.15) is 5.10 Å². The number of carbonyl (C=O) groups excluding carboxylic acids is 2. The molecular formula is C21H22N4O3. The minimum atomic E-state index is -0.119. The van der Waals surface area contributed by atoms with Crippen LogP contribution in [0.15, 0.2) is 48.5 Å². The Morgan fingerprint density at radius 3 is 2.71 bits per heavy atom. The largest absolute Gasteiger partial charge is 0.497 e. The molecule has 3 aromatic rings. The van der Waals surface area contributed by atoms with Crippen LogP contribution < -0.4 is 10.1 Å². The fourth-order valence-electron chi connectivity index (χ4n) is 3.57. The maximum Gasteiger partial charge on any atom is 0.274 e. The zero-order chi connectivity index (χ0) is 19.5. The van der Waals surface area contributed by atoms with Crippen LogP contribution in [0.5, 0.6) is 5.75 Å². The number of amides is 2. The number of fused-ring (bicyclic) bond motifs is 1. The van der Waals surface area contributed by atoms with Gasteiger partial charge in [0.05, 0.1) is 12.6 Å². The highest BCUT2D eigenvalue weighted by Crippen LogP contribution is 2.24. The van der Waals surface area contributed by atoms with E-state index in [4.69, 9.17) is 4.74 Å². The first kappa shape index (κ1) is 18.0. The average molecular weight is 378 g/mol. The Labute approximate surface area is 162 Å². The second kappa shape index (κ2) is 7.72. The van der Waals surface area contributed by atoms with E-state index >= 15 is 0 Å². The number of para-hydroxylation sites is 1. The normalized spacial score (nSPS) is 14.8. The number of nitrogens with zero attached hydrogens (tertiary/aromatic N) is 2. The first-order valence-corrected chi connectivity index (χ1v) is 9.33. The monoisotopic (exact) mass is 378 g/mol. The van der Waals surface area contributed by atoms with Gasteiger partial charge in [0.15, 0.2) is 5.69 Å². The van der Waals surface area contributed by atoms with E-state index in [2.05, 4.69) is 15.5 Å². The predicted octanol–water partition coefficient (Wildman–Crippen LogP) is 3.06. The van der Waals surface area contributed by atoms with Gasteiger partial charge in [-0.3, -0.25) is 14.7 Å². The summed E-state index contributed by atoms with van der Waals surface area (Å²) < 4.78 is 5.18. The molecule has 0 radical (unpaired) electrons. The summed E-state index contributed by atoms with van der Waals surface area (Å²) in [4.78, 5) is 27.2. The summed E-state index contributed by atoms with van der Waals surface area (Å²) in [6, 6.07) is 14.9. The standard InChI is InChI=1S/C21H22N4O3/c1-28-16-6-4-5-15(13-16)22-20(26)14-9-11-25(12-10-14)21(27)19-17-7-2-3-8-18(17)23-24-19/h2-8,13-14H,9-12H2,1H3,(H,22,26)(H,23,24). The molecule has 28 heavy (non-hydrogen) atoms. The van der Waals surface area contributed by atoms with E-state index < -0.39 is 0 Å². The molecule has 1 aromatic heterocycles. The molecule has 2 N–H and O–H groups in total. The highest BCUT2D eigenvalue weighted by atomic mass is 16.5. The lowest BCUT2D eigenvalue weighted by Crippen LogP contribution is -2.41. The van der Waals surface area contributed by atoms with Crippen molar-refractivity contribution in [1.82, 2.24) is 15.1 Å². The molecule has 0 spiro atoms. The van der Waals surface area contributed by atoms with Crippen LogP contribution in [0.4, 0.5) is 5.69 Å². The van der Waals surface area contributed by atoms with Crippen LogP contribution in [0.3, 0.4) is 0 Å². The molecule has 0 saturated carbocycles. The number of hydrogen-bond donors (Lipinski definition) is 2. The van der Waals surface area contributed by atoms with Crippen LogP contribution >= 0.6 is 0 Å². The van der Waals surface area contributed by atoms with Crippen molar-refractivity contribution >= 4 is 28.4 Å². The Hall–Kier alpha value is -3.35. The van der Waals surface area contributed by atoms with E-state index in [1.54, 1.807) is 18.1 Å². The molecule has 1 aliphatic heterocycles. The number of benzene rings is 2. The van der Waals surface area contributed by atoms with Crippen LogP contribution in [-0.2, 0) is 4.79 Å². The molecule has 0 aliphatic carbocycles. The number of nitrogens with one attached hydrogen (secondary N) is 2. The van der Waals surface area contributed by atoms with Gasteiger partial charge in [0.25, 0.3) is 5.91 Å². The van der Waals surface area contributed by atoms with E-state index in [1.165, 1.54) is 0 Å². The molecule has 7 heteroatoms. The third-order valence-electron chi connectivity index (χ3n) is 5.16. The quantitative estimate of drug-likeness (QED) is 0.730. The van der Waals surface area contributed by atoms with E-state index in [9.17, 15) is 9.59 Å². The topological polar surface area (TPSA) is 87.3 Å². The van der Waals surface area contributed by atoms with Gasteiger partial charge < -0.3 is 15.0 Å². The number of carbonyl (C=O) groups is 2. The van der Waals surface area contributed by atoms with E-state index in [-0.39, 0.29) is 17.7 Å². The zero-order valence-corrected chi connectivity index (χ0v) is 15.6. The van der Waals surface area contributed by atoms with Crippen LogP contribution in [0.1, 0.15) is 23.3 Å². The third kappa shape index (κ3) is 3.55. The van der Waals surface area contributed by atoms with Gasteiger partial charge in [-0.05, 0) is 31.0 Å². The number of piperidine rings is 1. The third-order valence-corrected chi connectivity index (χ3v) is 5.16. The minimum Gasteiger partial charge on any atom is -0.497 e. The zero-order valence-electron chi connectivity index (χ0n) is 15.6. The number of H-pyrrole nitrogens is 1. The molecular weight excluding hydrogens is 356 g/mol. The lowest BCUT2D eigenvalue weighted by molar-refractivity contribution is -0.121. The molecule has 2 heterocycles. The van der Waals surface area contributed by atoms with Gasteiger partial charge in [-0.25, -0.2) is 0 Å². The molecule has 0 bridgehead atoms. The van der Waals surface area contributed by atoms with Crippen molar-refractivity contribution in [2.45, 2.75) is 12.8 Å². The second-order valence-electron chi connectivity index (χ2n) is 6.91. The predicted molar refractivity (Wildman–Crippen MR) is 106 cm³/mol. The van der Waals surface area contributed by atoms with Gasteiger partial charge in [0, 0.05) is 36.1 Å². The number of aromatic nitrogens is 2. The summed E-state index contributed by atoms with van der Waals surface area (Å²) in [5.74, 6) is 0.463. The Balaban J connectivity index is 1.37. The number of likely N-dealkylation sites (tertiary alicyclic amines) is 1. The number of aromatic amines is 1. The summed E-state index contributed by atoms with van der Waals surface area (Å²) in [5, 5.41) is 10.9. The summed E-state index contributed by atoms with van der Waals surface area (Å²) in [7, 11) is 1.59. The maximum atomic E-state index is 12.8. The van der Waals surface area contributed by atoms with Crippen molar-refractivity contribution in [1.29, 1.82) is 0 Å². The minimum absolute atomic E-state index is 0.0226. The molecule has 0 unspecified atom stereocenters. The van der Waals surface area contributed by atoms with Gasteiger partial charge in [0.1, 0.15) is 5.75 Å². The smallest absolute Gasteiger partial charge is 0.274 e. The molecule has 7 nitrogen and oxygen atoms in total. The van der Waals surface area contributed by atoms with Gasteiger partial charge in [0.2, 0.25) is 5.91 Å². The van der Waals surface area contributed by atoms with Gasteiger partial charge >= 0.3 is 0 Å². The first-order chi connectivity index (χ1) is 13.7. The van der Waals surface area contributed by atoms with E-state index in [0.717, 1.165) is 10.9 Å². The number of rotatable bonds is 4. The van der Waals surface area contributed by atoms with Crippen LogP contribution in [0.2, 0.25) is 0 Å². The van der Waals surface area contributed by atoms with Crippen molar-refractivity contribution in [2.24, 2.45) is 5.92 Å². The van der Waals surface area contributed by atoms with Crippen molar-refractivity contribution in [3.8, 4) is 5.75 Å². The lowest BCUT2D eigenvalue weighted by atomic mass is 9.95. The Morgan fingerprint density at radius 2 is 1.93 bits per heavy atom. The fourth-order valence-corrected chi connectivity index (χ4v) is 3.57. The molecule has 0 atom stereocenters. The summed E-state index contributed by atoms with van der Waals surface area (Å²) in [6.45, 7) is 1.08. The average Bonchev–Trinajstić information content (AvgIpc) is 3.17. The molecule has 1 saturated heterocycles. The Morgan fingerprint density at radius 1 is 1.14 bits per heavy atom. The summed E-state index contributed by atoms with van der Waals surface area (Å²) in [5.41, 5.74) is 2.00. The SMILES string of the molecule is COc1cccc(NC(=O)C2CCN(C(=O)c3n[nH]c4ccccc34)CC2)c1. The van der Waals surface area contributed by atoms with Crippen molar-refractivity contribution in [3.63, 3.8) is 0 Å². The van der Waals surface area contributed by atoms with Crippen molar-refractivity contribution < 1.29 is 14.3 Å². The van der Waals surface area contributed by atoms with Gasteiger partial charge in [-0.15, -0.1) is 0 Å². The van der Waals surface area contributed by atoms with Crippen LogP contribution in [0.25, 0.3) is 10.9 Å². The van der Waals surface area contributed by atoms with Gasteiger partial charge in [-0.1, -0.05) is 24.3 Å². The Kier molecular flexibility index (Phi) is 4.97. The summed E-state index contributed by atoms with van der Waals surface area (Å²) >= 11 is 0. The summed E-state index contributed by atoms with van der Waals surface area (Å²) in [6.07, 6.45) is 1.26. The molecule has 1 aliphatic rings. The first-order valence-electron chi connectivity index (χ1n) is 9.33. The van der Waals surface area contributed by atoms with E-state index in [0.29, 0.717) is 43.1 Å². The number of anilines is 1. The van der Waals surface area contributed by atoms with Crippen LogP contribution in [0, 0.1) is 5.92 Å². The highest BCUT2D eigenvalue weighted by Gasteiger charge is 2.29. The van der Waals surface area contributed by atoms with E-state index in [1.807, 2.05) is 42.5 Å². The lowest BCUT2D eigenvalue weighted by Gasteiger charge is -2.31.